The van der Waals surface area contributed by atoms with Gasteiger partial charge in [0.05, 0.1) is 18.8 Å². The fourth-order valence-corrected chi connectivity index (χ4v) is 3.89. The van der Waals surface area contributed by atoms with Crippen LogP contribution in [0.1, 0.15) is 36.7 Å². The van der Waals surface area contributed by atoms with Gasteiger partial charge in [0, 0.05) is 11.3 Å². The number of fused-ring (bicyclic) bond motifs is 1. The standard InChI is InChI=1S/C29H31N3O5/c1-29(2,3)21-9-12-23(13-10-21)36-16-15-32-24-17-22(11-14-25(24)37-19-27(32)34)31-26(33)18-30-28(35)20-7-5-4-6-8-20/h4-14,17H,15-16,18-19H2,1-3H3,(H,30,35)(H,31,33). The Balaban J connectivity index is 1.35. The highest BCUT2D eigenvalue weighted by molar-refractivity contribution is 6.01. The van der Waals surface area contributed by atoms with Gasteiger partial charge in [-0.05, 0) is 53.4 Å². The predicted octanol–water partition coefficient (Wildman–Crippen LogP) is 4.16. The van der Waals surface area contributed by atoms with Crippen molar-refractivity contribution in [3.8, 4) is 11.5 Å². The lowest BCUT2D eigenvalue weighted by atomic mass is 9.87. The third kappa shape index (κ3) is 6.67. The maximum atomic E-state index is 12.6. The summed E-state index contributed by atoms with van der Waals surface area (Å²) in [4.78, 5) is 38.8. The van der Waals surface area contributed by atoms with Crippen LogP contribution in [0.2, 0.25) is 0 Å². The van der Waals surface area contributed by atoms with Gasteiger partial charge in [0.15, 0.2) is 6.61 Å². The van der Waals surface area contributed by atoms with Gasteiger partial charge in [-0.2, -0.15) is 0 Å². The Morgan fingerprint density at radius 1 is 1.00 bits per heavy atom. The number of hydrogen-bond donors (Lipinski definition) is 2. The van der Waals surface area contributed by atoms with Crippen LogP contribution in [0.15, 0.2) is 72.8 Å². The van der Waals surface area contributed by atoms with E-state index in [0.29, 0.717) is 35.8 Å². The van der Waals surface area contributed by atoms with Gasteiger partial charge in [0.1, 0.15) is 18.1 Å². The summed E-state index contributed by atoms with van der Waals surface area (Å²) in [6, 6.07) is 21.7. The lowest BCUT2D eigenvalue weighted by Crippen LogP contribution is -2.41. The number of nitrogens with zero attached hydrogens (tertiary/aromatic N) is 1. The van der Waals surface area contributed by atoms with E-state index in [4.69, 9.17) is 9.47 Å². The van der Waals surface area contributed by atoms with Crippen molar-refractivity contribution in [3.63, 3.8) is 0 Å². The number of carbonyl (C=O) groups excluding carboxylic acids is 3. The van der Waals surface area contributed by atoms with Gasteiger partial charge in [0.2, 0.25) is 5.91 Å². The number of amides is 3. The van der Waals surface area contributed by atoms with Crippen molar-refractivity contribution < 1.29 is 23.9 Å². The topological polar surface area (TPSA) is 97.0 Å². The number of hydrogen-bond acceptors (Lipinski definition) is 5. The average Bonchev–Trinajstić information content (AvgIpc) is 2.89. The Bertz CT molecular complexity index is 1270. The number of benzene rings is 3. The molecule has 0 saturated carbocycles. The molecule has 0 bridgehead atoms. The fraction of sp³-hybridized carbons (Fsp3) is 0.276. The molecule has 0 aliphatic carbocycles. The molecule has 8 heteroatoms. The SMILES string of the molecule is CC(C)(C)c1ccc(OCCN2C(=O)COc3ccc(NC(=O)CNC(=O)c4ccccc4)cc32)cc1. The molecule has 1 aliphatic rings. The van der Waals surface area contributed by atoms with Gasteiger partial charge in [-0.25, -0.2) is 0 Å². The maximum absolute atomic E-state index is 12.6. The minimum absolute atomic E-state index is 0.0586. The summed E-state index contributed by atoms with van der Waals surface area (Å²) >= 11 is 0. The Morgan fingerprint density at radius 3 is 2.43 bits per heavy atom. The third-order valence-electron chi connectivity index (χ3n) is 5.94. The first-order valence-electron chi connectivity index (χ1n) is 12.1. The molecular formula is C29H31N3O5. The Hall–Kier alpha value is -4.33. The first-order chi connectivity index (χ1) is 17.7. The van der Waals surface area contributed by atoms with E-state index in [0.717, 1.165) is 5.75 Å². The Labute approximate surface area is 216 Å². The Morgan fingerprint density at radius 2 is 1.73 bits per heavy atom. The van der Waals surface area contributed by atoms with Crippen molar-refractivity contribution in [2.24, 2.45) is 0 Å². The summed E-state index contributed by atoms with van der Waals surface area (Å²) in [7, 11) is 0. The number of ether oxygens (including phenoxy) is 2. The zero-order valence-corrected chi connectivity index (χ0v) is 21.2. The fourth-order valence-electron chi connectivity index (χ4n) is 3.89. The van der Waals surface area contributed by atoms with Gasteiger partial charge in [-0.3, -0.25) is 14.4 Å². The van der Waals surface area contributed by atoms with Crippen LogP contribution in [0, 0.1) is 0 Å². The van der Waals surface area contributed by atoms with Crippen LogP contribution in [-0.4, -0.2) is 44.0 Å². The number of nitrogens with one attached hydrogen (secondary N) is 2. The van der Waals surface area contributed by atoms with Gasteiger partial charge >= 0.3 is 0 Å². The molecule has 3 aromatic rings. The van der Waals surface area contributed by atoms with Gasteiger partial charge in [-0.1, -0.05) is 51.1 Å². The predicted molar refractivity (Wildman–Crippen MR) is 142 cm³/mol. The monoisotopic (exact) mass is 501 g/mol. The molecule has 0 fully saturated rings. The molecule has 1 heterocycles. The van der Waals surface area contributed by atoms with Crippen LogP contribution in [0.4, 0.5) is 11.4 Å². The summed E-state index contributed by atoms with van der Waals surface area (Å²) in [5.41, 5.74) is 2.78. The highest BCUT2D eigenvalue weighted by atomic mass is 16.5. The minimum atomic E-state index is -0.388. The van der Waals surface area contributed by atoms with Gasteiger partial charge in [-0.15, -0.1) is 0 Å². The Kier molecular flexibility index (Phi) is 7.77. The molecule has 0 saturated heterocycles. The molecule has 2 N–H and O–H groups in total. The minimum Gasteiger partial charge on any atom is -0.492 e. The third-order valence-corrected chi connectivity index (χ3v) is 5.94. The summed E-state index contributed by atoms with van der Waals surface area (Å²) < 4.78 is 11.4. The van der Waals surface area contributed by atoms with Gasteiger partial charge in [0.25, 0.3) is 11.8 Å². The quantitative estimate of drug-likeness (QED) is 0.483. The van der Waals surface area contributed by atoms with Crippen molar-refractivity contribution >= 4 is 29.1 Å². The van der Waals surface area contributed by atoms with Crippen LogP contribution in [-0.2, 0) is 15.0 Å². The van der Waals surface area contributed by atoms with Crippen molar-refractivity contribution in [1.29, 1.82) is 0 Å². The summed E-state index contributed by atoms with van der Waals surface area (Å²) in [5.74, 6) is 0.357. The molecule has 0 spiro atoms. The van der Waals surface area contributed by atoms with Crippen LogP contribution >= 0.6 is 0 Å². The summed E-state index contributed by atoms with van der Waals surface area (Å²) in [6.07, 6.45) is 0. The molecule has 0 aromatic heterocycles. The van der Waals surface area contributed by atoms with E-state index < -0.39 is 0 Å². The second-order valence-corrected chi connectivity index (χ2v) is 9.74. The number of carbonyl (C=O) groups is 3. The van der Waals surface area contributed by atoms with E-state index >= 15 is 0 Å². The van der Waals surface area contributed by atoms with Crippen molar-refractivity contribution in [3.05, 3.63) is 83.9 Å². The highest BCUT2D eigenvalue weighted by Crippen LogP contribution is 2.34. The highest BCUT2D eigenvalue weighted by Gasteiger charge is 2.26. The number of anilines is 2. The van der Waals surface area contributed by atoms with Crippen molar-refractivity contribution in [2.75, 3.05) is 36.5 Å². The second-order valence-electron chi connectivity index (χ2n) is 9.74. The van der Waals surface area contributed by atoms with Crippen molar-refractivity contribution in [2.45, 2.75) is 26.2 Å². The molecule has 0 radical (unpaired) electrons. The molecule has 37 heavy (non-hydrogen) atoms. The first kappa shape index (κ1) is 25.8. The van der Waals surface area contributed by atoms with Crippen LogP contribution in [0.25, 0.3) is 0 Å². The smallest absolute Gasteiger partial charge is 0.265 e. The number of rotatable bonds is 8. The maximum Gasteiger partial charge on any atom is 0.265 e. The summed E-state index contributed by atoms with van der Waals surface area (Å²) in [6.45, 7) is 6.82. The zero-order valence-electron chi connectivity index (χ0n) is 21.2. The van der Waals surface area contributed by atoms with Crippen LogP contribution in [0.5, 0.6) is 11.5 Å². The van der Waals surface area contributed by atoms with E-state index in [1.807, 2.05) is 30.3 Å². The molecule has 0 atom stereocenters. The molecule has 8 nitrogen and oxygen atoms in total. The molecule has 4 rings (SSSR count). The zero-order chi connectivity index (χ0) is 26.4. The van der Waals surface area contributed by atoms with E-state index in [-0.39, 0.29) is 36.3 Å². The van der Waals surface area contributed by atoms with Crippen molar-refractivity contribution in [1.82, 2.24) is 5.32 Å². The first-order valence-corrected chi connectivity index (χ1v) is 12.1. The molecule has 0 unspecified atom stereocenters. The molecular weight excluding hydrogens is 470 g/mol. The molecule has 3 amide bonds. The molecule has 3 aromatic carbocycles. The second kappa shape index (κ2) is 11.2. The molecule has 192 valence electrons. The largest absolute Gasteiger partial charge is 0.492 e. The average molecular weight is 502 g/mol. The van der Waals surface area contributed by atoms with Crippen LogP contribution < -0.4 is 25.0 Å². The summed E-state index contributed by atoms with van der Waals surface area (Å²) in [5, 5.41) is 5.35. The van der Waals surface area contributed by atoms with E-state index in [2.05, 4.69) is 31.4 Å². The lowest BCUT2D eigenvalue weighted by molar-refractivity contribution is -0.121. The van der Waals surface area contributed by atoms with Crippen LogP contribution in [0.3, 0.4) is 0 Å². The van der Waals surface area contributed by atoms with E-state index in [1.165, 1.54) is 5.56 Å². The lowest BCUT2D eigenvalue weighted by Gasteiger charge is -2.29. The van der Waals surface area contributed by atoms with E-state index in [1.54, 1.807) is 47.4 Å². The van der Waals surface area contributed by atoms with Gasteiger partial charge < -0.3 is 25.0 Å². The normalized spacial score (nSPS) is 12.8. The molecule has 1 aliphatic heterocycles. The van der Waals surface area contributed by atoms with E-state index in [9.17, 15) is 14.4 Å².